The molecule has 14 heavy (non-hydrogen) atoms. The zero-order chi connectivity index (χ0) is 10.3. The van der Waals surface area contributed by atoms with Crippen molar-refractivity contribution < 1.29 is 0 Å². The Morgan fingerprint density at radius 1 is 0.714 bits per heavy atom. The van der Waals surface area contributed by atoms with Gasteiger partial charge in [-0.2, -0.15) is 0 Å². The smallest absolute Gasteiger partial charge is 0.0360 e. The van der Waals surface area contributed by atoms with Crippen molar-refractivity contribution in [1.29, 1.82) is 0 Å². The molecule has 82 valence electrons. The van der Waals surface area contributed by atoms with Crippen LogP contribution in [-0.4, -0.2) is 0 Å². The largest absolute Gasteiger partial charge is 0.0622 e. The van der Waals surface area contributed by atoms with Gasteiger partial charge in [-0.15, -0.1) is 0 Å². The minimum Gasteiger partial charge on any atom is -0.0622 e. The predicted octanol–water partition coefficient (Wildman–Crippen LogP) is 4.35. The summed E-state index contributed by atoms with van der Waals surface area (Å²) in [7, 11) is 0. The lowest BCUT2D eigenvalue weighted by atomic mass is 9.58. The normalized spacial score (nSPS) is 46.3. The van der Waals surface area contributed by atoms with Crippen LogP contribution in [0.15, 0.2) is 0 Å². The van der Waals surface area contributed by atoms with Crippen LogP contribution in [0.2, 0.25) is 0 Å². The Morgan fingerprint density at radius 3 is 1.21 bits per heavy atom. The highest BCUT2D eigenvalue weighted by Crippen LogP contribution is 2.48. The standard InChI is InChI=1S/C14H26/c1-9-5-7-13(9)11(3)12(4)14-8-6-10(14)2/h9-14H,5-8H2,1-4H3. The molecule has 2 rings (SSSR count). The van der Waals surface area contributed by atoms with Crippen LogP contribution in [0.1, 0.15) is 53.4 Å². The van der Waals surface area contributed by atoms with Gasteiger partial charge in [0.25, 0.3) is 0 Å². The molecule has 6 unspecified atom stereocenters. The summed E-state index contributed by atoms with van der Waals surface area (Å²) in [6.07, 6.45) is 5.99. The number of rotatable bonds is 3. The van der Waals surface area contributed by atoms with Crippen LogP contribution >= 0.6 is 0 Å². The van der Waals surface area contributed by atoms with Gasteiger partial charge in [0.1, 0.15) is 0 Å². The number of hydrogen-bond donors (Lipinski definition) is 0. The molecule has 6 atom stereocenters. The summed E-state index contributed by atoms with van der Waals surface area (Å²) in [5.74, 6) is 6.10. The Kier molecular flexibility index (Phi) is 2.91. The summed E-state index contributed by atoms with van der Waals surface area (Å²) in [6.45, 7) is 9.91. The third-order valence-corrected chi connectivity index (χ3v) is 5.55. The fraction of sp³-hybridized carbons (Fsp3) is 1.00. The summed E-state index contributed by atoms with van der Waals surface area (Å²) in [6, 6.07) is 0. The van der Waals surface area contributed by atoms with Gasteiger partial charge in [0, 0.05) is 0 Å². The average molecular weight is 194 g/mol. The molecule has 2 aliphatic rings. The first-order valence-electron chi connectivity index (χ1n) is 6.61. The molecular weight excluding hydrogens is 168 g/mol. The molecular formula is C14H26. The molecule has 0 aromatic rings. The van der Waals surface area contributed by atoms with E-state index >= 15 is 0 Å². The first-order valence-corrected chi connectivity index (χ1v) is 6.61. The van der Waals surface area contributed by atoms with Crippen molar-refractivity contribution in [3.05, 3.63) is 0 Å². The lowest BCUT2D eigenvalue weighted by molar-refractivity contribution is 0.0245. The fourth-order valence-corrected chi connectivity index (χ4v) is 3.73. The Hall–Kier alpha value is 0. The Morgan fingerprint density at radius 2 is 1.07 bits per heavy atom. The van der Waals surface area contributed by atoms with E-state index in [4.69, 9.17) is 0 Å². The highest BCUT2D eigenvalue weighted by atomic mass is 14.4. The summed E-state index contributed by atoms with van der Waals surface area (Å²) in [5, 5.41) is 0. The van der Waals surface area contributed by atoms with Crippen molar-refractivity contribution in [2.75, 3.05) is 0 Å². The Bertz CT molecular complexity index is 174. The van der Waals surface area contributed by atoms with Crippen LogP contribution in [-0.2, 0) is 0 Å². The van der Waals surface area contributed by atoms with E-state index in [1.165, 1.54) is 25.7 Å². The maximum Gasteiger partial charge on any atom is -0.0360 e. The molecule has 2 fully saturated rings. The third-order valence-electron chi connectivity index (χ3n) is 5.55. The monoisotopic (exact) mass is 194 g/mol. The van der Waals surface area contributed by atoms with Gasteiger partial charge in [0.2, 0.25) is 0 Å². The van der Waals surface area contributed by atoms with Gasteiger partial charge >= 0.3 is 0 Å². The molecule has 0 saturated heterocycles. The van der Waals surface area contributed by atoms with Crippen molar-refractivity contribution in [2.45, 2.75) is 53.4 Å². The van der Waals surface area contributed by atoms with Gasteiger partial charge in [-0.25, -0.2) is 0 Å². The highest BCUT2D eigenvalue weighted by Gasteiger charge is 2.40. The number of hydrogen-bond acceptors (Lipinski definition) is 0. The second kappa shape index (κ2) is 3.87. The van der Waals surface area contributed by atoms with Gasteiger partial charge in [0.15, 0.2) is 0 Å². The zero-order valence-electron chi connectivity index (χ0n) is 10.3. The molecule has 0 bridgehead atoms. The van der Waals surface area contributed by atoms with Gasteiger partial charge < -0.3 is 0 Å². The van der Waals surface area contributed by atoms with Crippen molar-refractivity contribution >= 4 is 0 Å². The molecule has 0 heteroatoms. The predicted molar refractivity (Wildman–Crippen MR) is 62.1 cm³/mol. The van der Waals surface area contributed by atoms with Crippen molar-refractivity contribution in [3.8, 4) is 0 Å². The second-order valence-corrected chi connectivity index (χ2v) is 6.16. The van der Waals surface area contributed by atoms with E-state index in [2.05, 4.69) is 27.7 Å². The van der Waals surface area contributed by atoms with Crippen LogP contribution in [0.4, 0.5) is 0 Å². The van der Waals surface area contributed by atoms with Gasteiger partial charge in [-0.1, -0.05) is 40.5 Å². The molecule has 2 saturated carbocycles. The molecule has 0 aromatic heterocycles. The summed E-state index contributed by atoms with van der Waals surface area (Å²) in [4.78, 5) is 0. The van der Waals surface area contributed by atoms with E-state index < -0.39 is 0 Å². The quantitative estimate of drug-likeness (QED) is 0.626. The molecule has 2 aliphatic carbocycles. The van der Waals surface area contributed by atoms with E-state index in [0.717, 1.165) is 35.5 Å². The molecule has 0 N–H and O–H groups in total. The van der Waals surface area contributed by atoms with Crippen molar-refractivity contribution in [1.82, 2.24) is 0 Å². The highest BCUT2D eigenvalue weighted by molar-refractivity contribution is 4.89. The van der Waals surface area contributed by atoms with E-state index in [9.17, 15) is 0 Å². The first-order chi connectivity index (χ1) is 6.61. The molecule has 0 aromatic carbocycles. The van der Waals surface area contributed by atoms with E-state index in [1.807, 2.05) is 0 Å². The Balaban J connectivity index is 1.87. The van der Waals surface area contributed by atoms with Gasteiger partial charge in [0.05, 0.1) is 0 Å². The van der Waals surface area contributed by atoms with Crippen LogP contribution in [0.3, 0.4) is 0 Å². The van der Waals surface area contributed by atoms with Crippen molar-refractivity contribution in [3.63, 3.8) is 0 Å². The van der Waals surface area contributed by atoms with Crippen LogP contribution < -0.4 is 0 Å². The molecule has 0 spiro atoms. The topological polar surface area (TPSA) is 0 Å². The SMILES string of the molecule is CC1CCC1C(C)C(C)C1CCC1C. The lowest BCUT2D eigenvalue weighted by Crippen LogP contribution is -2.39. The van der Waals surface area contributed by atoms with Crippen molar-refractivity contribution in [2.24, 2.45) is 35.5 Å². The molecule has 0 heterocycles. The summed E-state index contributed by atoms with van der Waals surface area (Å²) in [5.41, 5.74) is 0. The second-order valence-electron chi connectivity index (χ2n) is 6.16. The third kappa shape index (κ3) is 1.61. The van der Waals surface area contributed by atoms with E-state index in [-0.39, 0.29) is 0 Å². The summed E-state index contributed by atoms with van der Waals surface area (Å²) >= 11 is 0. The average Bonchev–Trinajstić information content (AvgIpc) is 2.12. The van der Waals surface area contributed by atoms with E-state index in [1.54, 1.807) is 0 Å². The van der Waals surface area contributed by atoms with Gasteiger partial charge in [-0.3, -0.25) is 0 Å². The fourth-order valence-electron chi connectivity index (χ4n) is 3.73. The van der Waals surface area contributed by atoms with Crippen LogP contribution in [0.5, 0.6) is 0 Å². The minimum absolute atomic E-state index is 0.978. The van der Waals surface area contributed by atoms with Gasteiger partial charge in [-0.05, 0) is 48.3 Å². The lowest BCUT2D eigenvalue weighted by Gasteiger charge is -2.47. The van der Waals surface area contributed by atoms with Crippen LogP contribution in [0.25, 0.3) is 0 Å². The first kappa shape index (κ1) is 10.5. The molecule has 0 aliphatic heterocycles. The maximum atomic E-state index is 2.51. The van der Waals surface area contributed by atoms with E-state index in [0.29, 0.717) is 0 Å². The summed E-state index contributed by atoms with van der Waals surface area (Å²) < 4.78 is 0. The molecule has 0 radical (unpaired) electrons. The Labute approximate surface area is 89.5 Å². The molecule has 0 amide bonds. The minimum atomic E-state index is 0.978. The zero-order valence-corrected chi connectivity index (χ0v) is 10.3. The molecule has 0 nitrogen and oxygen atoms in total. The maximum absolute atomic E-state index is 2.51. The van der Waals surface area contributed by atoms with Crippen LogP contribution in [0, 0.1) is 35.5 Å².